The average Bonchev–Trinajstić information content (AvgIpc) is 2.21. The van der Waals surface area contributed by atoms with Gasteiger partial charge in [-0.2, -0.15) is 0 Å². The molecule has 68 valence electrons. The standard InChI is InChI=1S/C12H12I/c1-3-7-11(8-4-1)13-12-9-5-2-6-10-12/h1,3-5,7-10H,2,6H2/q-1. The maximum atomic E-state index is 2.39. The Morgan fingerprint density at radius 1 is 1.00 bits per heavy atom. The van der Waals surface area contributed by atoms with E-state index in [4.69, 9.17) is 0 Å². The van der Waals surface area contributed by atoms with Crippen molar-refractivity contribution in [3.8, 4) is 0 Å². The summed E-state index contributed by atoms with van der Waals surface area (Å²) in [4.78, 5) is 0. The molecule has 0 spiro atoms. The Balaban J connectivity index is 2.06. The summed E-state index contributed by atoms with van der Waals surface area (Å²) >= 11 is 0.0799. The van der Waals surface area contributed by atoms with E-state index >= 15 is 0 Å². The third kappa shape index (κ3) is 2.69. The number of hydrogen-bond donors (Lipinski definition) is 0. The van der Waals surface area contributed by atoms with Gasteiger partial charge in [0.05, 0.1) is 0 Å². The van der Waals surface area contributed by atoms with Crippen LogP contribution in [0.3, 0.4) is 0 Å². The van der Waals surface area contributed by atoms with Crippen molar-refractivity contribution >= 4 is 0 Å². The molecule has 0 unspecified atom stereocenters. The monoisotopic (exact) mass is 283 g/mol. The molecule has 1 aliphatic carbocycles. The van der Waals surface area contributed by atoms with Gasteiger partial charge in [-0.1, -0.05) is 0 Å². The second-order valence-electron chi connectivity index (χ2n) is 2.96. The zero-order valence-corrected chi connectivity index (χ0v) is 9.57. The Morgan fingerprint density at radius 2 is 1.85 bits per heavy atom. The fourth-order valence-electron chi connectivity index (χ4n) is 1.26. The van der Waals surface area contributed by atoms with Gasteiger partial charge in [0, 0.05) is 0 Å². The van der Waals surface area contributed by atoms with Crippen LogP contribution in [0, 0.1) is 3.57 Å². The zero-order valence-electron chi connectivity index (χ0n) is 7.41. The Labute approximate surface area is 89.6 Å². The van der Waals surface area contributed by atoms with E-state index in [1.807, 2.05) is 0 Å². The second kappa shape index (κ2) is 4.61. The topological polar surface area (TPSA) is 0 Å². The van der Waals surface area contributed by atoms with Crippen molar-refractivity contribution in [2.24, 2.45) is 0 Å². The fraction of sp³-hybridized carbons (Fsp3) is 0.167. The summed E-state index contributed by atoms with van der Waals surface area (Å²) in [6.45, 7) is 0. The SMILES string of the molecule is C1=CC([I-]c2ccccc2)=CCC1. The maximum absolute atomic E-state index is 2.39. The zero-order chi connectivity index (χ0) is 8.93. The second-order valence-corrected chi connectivity index (χ2v) is 5.99. The van der Waals surface area contributed by atoms with Crippen LogP contribution < -0.4 is 21.2 Å². The van der Waals surface area contributed by atoms with Crippen molar-refractivity contribution in [2.75, 3.05) is 0 Å². The fourth-order valence-corrected chi connectivity index (χ4v) is 3.71. The summed E-state index contributed by atoms with van der Waals surface area (Å²) in [6, 6.07) is 10.8. The molecule has 1 aromatic rings. The molecule has 0 aliphatic heterocycles. The summed E-state index contributed by atoms with van der Waals surface area (Å²) in [7, 11) is 0. The number of benzene rings is 1. The third-order valence-corrected chi connectivity index (χ3v) is 4.67. The van der Waals surface area contributed by atoms with E-state index in [-0.39, 0.29) is 21.2 Å². The van der Waals surface area contributed by atoms with Gasteiger partial charge in [0.2, 0.25) is 0 Å². The van der Waals surface area contributed by atoms with Gasteiger partial charge >= 0.3 is 89.8 Å². The molecule has 1 aromatic carbocycles. The minimum absolute atomic E-state index is 0.0799. The minimum atomic E-state index is 0.0799. The Hall–Kier alpha value is -0.570. The van der Waals surface area contributed by atoms with E-state index in [1.54, 1.807) is 3.58 Å². The average molecular weight is 283 g/mol. The van der Waals surface area contributed by atoms with Crippen LogP contribution in [0.15, 0.2) is 52.1 Å². The van der Waals surface area contributed by atoms with Crippen LogP contribution >= 0.6 is 0 Å². The molecule has 0 heterocycles. The number of halogens is 1. The molecular formula is C12H12I-. The molecule has 0 radical (unpaired) electrons. The van der Waals surface area contributed by atoms with Crippen LogP contribution in [0.2, 0.25) is 0 Å². The van der Waals surface area contributed by atoms with E-state index < -0.39 is 0 Å². The Morgan fingerprint density at radius 3 is 2.54 bits per heavy atom. The van der Waals surface area contributed by atoms with Crippen LogP contribution in [0.1, 0.15) is 12.8 Å². The van der Waals surface area contributed by atoms with Gasteiger partial charge in [0.1, 0.15) is 0 Å². The molecule has 0 amide bonds. The van der Waals surface area contributed by atoms with Gasteiger partial charge in [0.15, 0.2) is 0 Å². The molecular weight excluding hydrogens is 271 g/mol. The van der Waals surface area contributed by atoms with E-state index in [2.05, 4.69) is 48.6 Å². The summed E-state index contributed by atoms with van der Waals surface area (Å²) in [5.41, 5.74) is 0. The van der Waals surface area contributed by atoms with E-state index in [9.17, 15) is 0 Å². The first-order valence-electron chi connectivity index (χ1n) is 4.52. The van der Waals surface area contributed by atoms with Crippen LogP contribution in [0.4, 0.5) is 0 Å². The molecule has 0 fully saturated rings. The van der Waals surface area contributed by atoms with Crippen LogP contribution in [-0.2, 0) is 0 Å². The quantitative estimate of drug-likeness (QED) is 0.679. The molecule has 1 heteroatoms. The molecule has 0 aromatic heterocycles. The van der Waals surface area contributed by atoms with Gasteiger partial charge in [-0.05, 0) is 0 Å². The predicted octanol–water partition coefficient (Wildman–Crippen LogP) is 0.179. The Kier molecular flexibility index (Phi) is 3.19. The van der Waals surface area contributed by atoms with Crippen molar-refractivity contribution in [1.29, 1.82) is 0 Å². The van der Waals surface area contributed by atoms with E-state index in [1.165, 1.54) is 16.4 Å². The van der Waals surface area contributed by atoms with Gasteiger partial charge in [0.25, 0.3) is 0 Å². The van der Waals surface area contributed by atoms with Gasteiger partial charge in [-0.15, -0.1) is 0 Å². The molecule has 0 bridgehead atoms. The van der Waals surface area contributed by atoms with Crippen molar-refractivity contribution in [3.63, 3.8) is 0 Å². The molecule has 0 nitrogen and oxygen atoms in total. The first-order chi connectivity index (χ1) is 6.45. The van der Waals surface area contributed by atoms with Crippen molar-refractivity contribution in [2.45, 2.75) is 12.8 Å². The third-order valence-electron chi connectivity index (χ3n) is 1.90. The molecule has 2 rings (SSSR count). The van der Waals surface area contributed by atoms with Crippen LogP contribution in [0.25, 0.3) is 0 Å². The summed E-state index contributed by atoms with van der Waals surface area (Å²) < 4.78 is 3.08. The molecule has 0 saturated carbocycles. The van der Waals surface area contributed by atoms with Crippen LogP contribution in [0.5, 0.6) is 0 Å². The van der Waals surface area contributed by atoms with Gasteiger partial charge in [-0.25, -0.2) is 0 Å². The van der Waals surface area contributed by atoms with Crippen molar-refractivity contribution in [1.82, 2.24) is 0 Å². The first kappa shape index (κ1) is 9.00. The number of hydrogen-bond acceptors (Lipinski definition) is 0. The van der Waals surface area contributed by atoms with E-state index in [0.29, 0.717) is 0 Å². The summed E-state index contributed by atoms with van der Waals surface area (Å²) in [6.07, 6.45) is 9.43. The molecule has 0 N–H and O–H groups in total. The molecule has 0 atom stereocenters. The number of rotatable bonds is 2. The van der Waals surface area contributed by atoms with Crippen molar-refractivity contribution < 1.29 is 21.2 Å². The summed E-state index contributed by atoms with van der Waals surface area (Å²) in [5, 5.41) is 0. The summed E-state index contributed by atoms with van der Waals surface area (Å²) in [5.74, 6) is 0. The van der Waals surface area contributed by atoms with Crippen LogP contribution in [-0.4, -0.2) is 0 Å². The van der Waals surface area contributed by atoms with Crippen molar-refractivity contribution in [3.05, 3.63) is 55.7 Å². The molecule has 0 saturated heterocycles. The normalized spacial score (nSPS) is 15.8. The molecule has 13 heavy (non-hydrogen) atoms. The predicted molar refractivity (Wildman–Crippen MR) is 51.6 cm³/mol. The van der Waals surface area contributed by atoms with Gasteiger partial charge in [-0.3, -0.25) is 0 Å². The first-order valence-corrected chi connectivity index (χ1v) is 6.67. The van der Waals surface area contributed by atoms with Gasteiger partial charge < -0.3 is 0 Å². The number of allylic oxidation sites excluding steroid dienone is 4. The molecule has 1 aliphatic rings. The van der Waals surface area contributed by atoms with E-state index in [0.717, 1.165) is 0 Å². The Bertz CT molecular complexity index is 322.